The van der Waals surface area contributed by atoms with Gasteiger partial charge in [0.15, 0.2) is 0 Å². The van der Waals surface area contributed by atoms with Crippen LogP contribution in [0.15, 0.2) is 24.3 Å². The number of hydrogen-bond acceptors (Lipinski definition) is 2. The molecule has 1 heterocycles. The van der Waals surface area contributed by atoms with Crippen molar-refractivity contribution >= 4 is 5.57 Å². The van der Waals surface area contributed by atoms with Crippen molar-refractivity contribution in [3.63, 3.8) is 0 Å². The number of nitrogens with zero attached hydrogens (tertiary/aromatic N) is 1. The summed E-state index contributed by atoms with van der Waals surface area (Å²) in [5.41, 5.74) is 2.06. The number of nitriles is 1. The van der Waals surface area contributed by atoms with Crippen molar-refractivity contribution in [1.29, 1.82) is 5.26 Å². The molecule has 1 aliphatic heterocycles. The van der Waals surface area contributed by atoms with Gasteiger partial charge in [0.1, 0.15) is 5.82 Å². The Balaban J connectivity index is 2.42. The predicted octanol–water partition coefficient (Wildman–Crippen LogP) is 2.07. The summed E-state index contributed by atoms with van der Waals surface area (Å²) in [4.78, 5) is 0. The lowest BCUT2D eigenvalue weighted by molar-refractivity contribution is 0.621. The van der Waals surface area contributed by atoms with E-state index in [0.29, 0.717) is 11.1 Å². The quantitative estimate of drug-likeness (QED) is 0.756. The van der Waals surface area contributed by atoms with E-state index in [2.05, 4.69) is 5.32 Å². The number of benzene rings is 1. The largest absolute Gasteiger partial charge is 0.313 e. The normalized spacial score (nSPS) is 15.6. The van der Waals surface area contributed by atoms with Crippen LogP contribution in [0.4, 0.5) is 4.39 Å². The standard InChI is InChI=1S/C12H11FN2/c13-12-2-1-9(8-14)7-11(12)10-3-5-15-6-4-10/h1-3,7,15H,4-6H2. The minimum atomic E-state index is -0.248. The van der Waals surface area contributed by atoms with E-state index in [0.717, 1.165) is 25.1 Å². The highest BCUT2D eigenvalue weighted by Gasteiger charge is 2.10. The number of halogens is 1. The molecule has 2 rings (SSSR count). The third-order valence-corrected chi connectivity index (χ3v) is 2.51. The molecule has 0 aromatic heterocycles. The van der Waals surface area contributed by atoms with Crippen molar-refractivity contribution in [2.24, 2.45) is 0 Å². The molecule has 0 fully saturated rings. The van der Waals surface area contributed by atoms with E-state index in [1.165, 1.54) is 12.1 Å². The highest BCUT2D eigenvalue weighted by atomic mass is 19.1. The van der Waals surface area contributed by atoms with E-state index < -0.39 is 0 Å². The summed E-state index contributed by atoms with van der Waals surface area (Å²) in [5.74, 6) is -0.248. The van der Waals surface area contributed by atoms with Crippen molar-refractivity contribution in [2.45, 2.75) is 6.42 Å². The Kier molecular flexibility index (Phi) is 2.79. The van der Waals surface area contributed by atoms with Crippen LogP contribution in [0.5, 0.6) is 0 Å². The first-order valence-corrected chi connectivity index (χ1v) is 4.91. The summed E-state index contributed by atoms with van der Waals surface area (Å²) in [6, 6.07) is 6.50. The molecule has 3 heteroatoms. The van der Waals surface area contributed by atoms with Crippen LogP contribution in [-0.4, -0.2) is 13.1 Å². The average molecular weight is 202 g/mol. The molecule has 0 atom stereocenters. The van der Waals surface area contributed by atoms with Crippen LogP contribution in [0.2, 0.25) is 0 Å². The topological polar surface area (TPSA) is 35.8 Å². The molecule has 1 aliphatic rings. The minimum Gasteiger partial charge on any atom is -0.313 e. The van der Waals surface area contributed by atoms with Crippen molar-refractivity contribution < 1.29 is 4.39 Å². The van der Waals surface area contributed by atoms with Gasteiger partial charge in [0, 0.05) is 12.1 Å². The number of hydrogen-bond donors (Lipinski definition) is 1. The van der Waals surface area contributed by atoms with Gasteiger partial charge in [0.25, 0.3) is 0 Å². The summed E-state index contributed by atoms with van der Waals surface area (Å²) in [6.45, 7) is 1.63. The Labute approximate surface area is 88.0 Å². The van der Waals surface area contributed by atoms with E-state index in [4.69, 9.17) is 5.26 Å². The van der Waals surface area contributed by atoms with Gasteiger partial charge in [-0.25, -0.2) is 4.39 Å². The lowest BCUT2D eigenvalue weighted by Crippen LogP contribution is -2.20. The number of rotatable bonds is 1. The fourth-order valence-corrected chi connectivity index (χ4v) is 1.71. The van der Waals surface area contributed by atoms with E-state index in [9.17, 15) is 4.39 Å². The second-order valence-electron chi connectivity index (χ2n) is 3.49. The molecule has 2 nitrogen and oxygen atoms in total. The molecule has 1 aromatic carbocycles. The fourth-order valence-electron chi connectivity index (χ4n) is 1.71. The second-order valence-corrected chi connectivity index (χ2v) is 3.49. The molecule has 1 N–H and O–H groups in total. The van der Waals surface area contributed by atoms with E-state index in [1.54, 1.807) is 6.07 Å². The predicted molar refractivity (Wildman–Crippen MR) is 56.6 cm³/mol. The van der Waals surface area contributed by atoms with Gasteiger partial charge in [-0.2, -0.15) is 5.26 Å². The molecule has 15 heavy (non-hydrogen) atoms. The molecule has 0 saturated carbocycles. The monoisotopic (exact) mass is 202 g/mol. The summed E-state index contributed by atoms with van der Waals surface area (Å²) in [7, 11) is 0. The molecule has 1 aromatic rings. The molecule has 0 radical (unpaired) electrons. The van der Waals surface area contributed by atoms with Gasteiger partial charge in [0.05, 0.1) is 11.6 Å². The highest BCUT2D eigenvalue weighted by molar-refractivity contribution is 5.68. The molecular formula is C12H11FN2. The zero-order valence-corrected chi connectivity index (χ0v) is 8.26. The zero-order chi connectivity index (χ0) is 10.7. The first-order chi connectivity index (χ1) is 7.31. The Morgan fingerprint density at radius 3 is 2.93 bits per heavy atom. The maximum Gasteiger partial charge on any atom is 0.130 e. The molecule has 0 aliphatic carbocycles. The van der Waals surface area contributed by atoms with Crippen LogP contribution in [-0.2, 0) is 0 Å². The van der Waals surface area contributed by atoms with E-state index in [1.807, 2.05) is 12.1 Å². The smallest absolute Gasteiger partial charge is 0.130 e. The summed E-state index contributed by atoms with van der Waals surface area (Å²) in [6.07, 6.45) is 2.79. The van der Waals surface area contributed by atoms with Crippen molar-refractivity contribution in [2.75, 3.05) is 13.1 Å². The Morgan fingerprint density at radius 2 is 2.27 bits per heavy atom. The Morgan fingerprint density at radius 1 is 1.40 bits per heavy atom. The van der Waals surface area contributed by atoms with Crippen LogP contribution in [0.3, 0.4) is 0 Å². The van der Waals surface area contributed by atoms with Gasteiger partial charge in [-0.1, -0.05) is 6.08 Å². The second kappa shape index (κ2) is 4.24. The van der Waals surface area contributed by atoms with Crippen molar-refractivity contribution in [3.8, 4) is 6.07 Å². The molecule has 0 saturated heterocycles. The molecule has 0 spiro atoms. The van der Waals surface area contributed by atoms with Gasteiger partial charge in [-0.15, -0.1) is 0 Å². The number of nitrogens with one attached hydrogen (secondary N) is 1. The van der Waals surface area contributed by atoms with E-state index >= 15 is 0 Å². The van der Waals surface area contributed by atoms with Crippen LogP contribution < -0.4 is 5.32 Å². The van der Waals surface area contributed by atoms with Crippen LogP contribution in [0.1, 0.15) is 17.5 Å². The molecule has 0 amide bonds. The fraction of sp³-hybridized carbons (Fsp3) is 0.250. The van der Waals surface area contributed by atoms with Gasteiger partial charge in [-0.05, 0) is 36.7 Å². The first kappa shape index (κ1) is 9.88. The summed E-state index contributed by atoms with van der Waals surface area (Å²) >= 11 is 0. The van der Waals surface area contributed by atoms with Gasteiger partial charge in [0.2, 0.25) is 0 Å². The van der Waals surface area contributed by atoms with Gasteiger partial charge >= 0.3 is 0 Å². The van der Waals surface area contributed by atoms with Crippen LogP contribution in [0, 0.1) is 17.1 Å². The van der Waals surface area contributed by atoms with Crippen LogP contribution in [0.25, 0.3) is 5.57 Å². The SMILES string of the molecule is N#Cc1ccc(F)c(C2=CCNCC2)c1. The van der Waals surface area contributed by atoms with Crippen LogP contribution >= 0.6 is 0 Å². The minimum absolute atomic E-state index is 0.248. The third-order valence-electron chi connectivity index (χ3n) is 2.51. The lowest BCUT2D eigenvalue weighted by Gasteiger charge is -2.14. The average Bonchev–Trinajstić information content (AvgIpc) is 2.31. The Hall–Kier alpha value is -1.66. The molecule has 0 unspecified atom stereocenters. The highest BCUT2D eigenvalue weighted by Crippen LogP contribution is 2.23. The molecular weight excluding hydrogens is 191 g/mol. The molecule has 0 bridgehead atoms. The maximum atomic E-state index is 13.5. The third kappa shape index (κ3) is 2.05. The summed E-state index contributed by atoms with van der Waals surface area (Å²) < 4.78 is 13.5. The lowest BCUT2D eigenvalue weighted by atomic mass is 9.98. The van der Waals surface area contributed by atoms with Crippen molar-refractivity contribution in [3.05, 3.63) is 41.2 Å². The zero-order valence-electron chi connectivity index (χ0n) is 8.26. The maximum absolute atomic E-state index is 13.5. The van der Waals surface area contributed by atoms with Gasteiger partial charge < -0.3 is 5.32 Å². The van der Waals surface area contributed by atoms with Crippen molar-refractivity contribution in [1.82, 2.24) is 5.32 Å². The first-order valence-electron chi connectivity index (χ1n) is 4.91. The Bertz CT molecular complexity index is 443. The molecule has 76 valence electrons. The summed E-state index contributed by atoms with van der Waals surface area (Å²) in [5, 5.41) is 11.9. The van der Waals surface area contributed by atoms with Gasteiger partial charge in [-0.3, -0.25) is 0 Å². The van der Waals surface area contributed by atoms with E-state index in [-0.39, 0.29) is 5.82 Å².